The van der Waals surface area contributed by atoms with Gasteiger partial charge in [-0.05, 0) is 45.9 Å². The molecule has 0 aromatic heterocycles. The van der Waals surface area contributed by atoms with Crippen molar-refractivity contribution in [3.8, 4) is 0 Å². The molecule has 4 nitrogen and oxygen atoms in total. The predicted molar refractivity (Wildman–Crippen MR) is 77.3 cm³/mol. The lowest BCUT2D eigenvalue weighted by molar-refractivity contribution is -0.384. The van der Waals surface area contributed by atoms with Crippen LogP contribution in [0, 0.1) is 10.1 Å². The number of nitro benzene ring substituents is 1. The van der Waals surface area contributed by atoms with Gasteiger partial charge in [0.15, 0.2) is 0 Å². The molecule has 2 rings (SSSR count). The van der Waals surface area contributed by atoms with Gasteiger partial charge in [0.1, 0.15) is 0 Å². The third-order valence-electron chi connectivity index (χ3n) is 2.27. The second-order valence-corrected chi connectivity index (χ2v) is 5.75. The minimum absolute atomic E-state index is 0.0164. The molecule has 0 N–H and O–H groups in total. The fourth-order valence-electron chi connectivity index (χ4n) is 1.33. The number of benzene rings is 2. The maximum atomic E-state index is 11.9. The van der Waals surface area contributed by atoms with E-state index < -0.39 is 4.92 Å². The van der Waals surface area contributed by atoms with Gasteiger partial charge in [0.2, 0.25) is 5.12 Å². The summed E-state index contributed by atoms with van der Waals surface area (Å²) in [6.07, 6.45) is 0. The van der Waals surface area contributed by atoms with E-state index in [4.69, 9.17) is 0 Å². The summed E-state index contributed by atoms with van der Waals surface area (Å²) in [6.45, 7) is 0. The zero-order valence-corrected chi connectivity index (χ0v) is 11.3. The molecule has 6 heteroatoms. The molecule has 0 fully saturated rings. The van der Waals surface area contributed by atoms with E-state index in [1.807, 2.05) is 30.3 Å². The van der Waals surface area contributed by atoms with Gasteiger partial charge in [0.05, 0.1) is 4.92 Å². The van der Waals surface area contributed by atoms with Crippen LogP contribution in [-0.2, 0) is 0 Å². The van der Waals surface area contributed by atoms with E-state index in [2.05, 4.69) is 0 Å². The molecule has 19 heavy (non-hydrogen) atoms. The largest absolute Gasteiger partial charge is 0.281 e. The Balaban J connectivity index is 1.98. The Morgan fingerprint density at radius 2 is 1.63 bits per heavy atom. The van der Waals surface area contributed by atoms with Crippen LogP contribution in [0.1, 0.15) is 10.4 Å². The van der Waals surface area contributed by atoms with Crippen LogP contribution in [0.2, 0.25) is 0 Å². The molecule has 0 spiro atoms. The molecule has 0 aliphatic heterocycles. The lowest BCUT2D eigenvalue weighted by Crippen LogP contribution is -1.93. The van der Waals surface area contributed by atoms with E-state index >= 15 is 0 Å². The van der Waals surface area contributed by atoms with E-state index in [1.165, 1.54) is 35.1 Å². The van der Waals surface area contributed by atoms with Crippen LogP contribution in [0.5, 0.6) is 0 Å². The molecule has 0 aliphatic carbocycles. The summed E-state index contributed by atoms with van der Waals surface area (Å²) in [6, 6.07) is 15.2. The smallest absolute Gasteiger partial charge is 0.269 e. The van der Waals surface area contributed by atoms with Gasteiger partial charge in [0, 0.05) is 22.6 Å². The Bertz CT molecular complexity index is 585. The second kappa shape index (κ2) is 6.40. The van der Waals surface area contributed by atoms with Crippen LogP contribution in [0.3, 0.4) is 0 Å². The van der Waals surface area contributed by atoms with Crippen LogP contribution in [0.25, 0.3) is 0 Å². The monoisotopic (exact) mass is 291 g/mol. The van der Waals surface area contributed by atoms with Gasteiger partial charge < -0.3 is 0 Å². The lowest BCUT2D eigenvalue weighted by atomic mass is 10.2. The van der Waals surface area contributed by atoms with Crippen molar-refractivity contribution in [3.05, 3.63) is 70.3 Å². The van der Waals surface area contributed by atoms with Crippen molar-refractivity contribution in [1.29, 1.82) is 0 Å². The highest BCUT2D eigenvalue weighted by atomic mass is 33.1. The van der Waals surface area contributed by atoms with Crippen molar-refractivity contribution in [2.75, 3.05) is 0 Å². The van der Waals surface area contributed by atoms with Gasteiger partial charge in [-0.2, -0.15) is 0 Å². The molecule has 0 heterocycles. The number of rotatable bonds is 4. The van der Waals surface area contributed by atoms with Crippen LogP contribution < -0.4 is 0 Å². The number of nitrogens with zero attached hydrogens (tertiary/aromatic N) is 1. The molecule has 0 amide bonds. The van der Waals surface area contributed by atoms with Crippen LogP contribution in [-0.4, -0.2) is 10.0 Å². The first kappa shape index (κ1) is 13.6. The van der Waals surface area contributed by atoms with E-state index in [9.17, 15) is 14.9 Å². The molecule has 0 atom stereocenters. The average Bonchev–Trinajstić information content (AvgIpc) is 2.46. The molecule has 0 radical (unpaired) electrons. The van der Waals surface area contributed by atoms with Gasteiger partial charge in [-0.3, -0.25) is 14.9 Å². The molecule has 2 aromatic rings. The first-order valence-corrected chi connectivity index (χ1v) is 7.50. The predicted octanol–water partition coefficient (Wildman–Crippen LogP) is 4.18. The summed E-state index contributed by atoms with van der Waals surface area (Å²) in [7, 11) is 2.47. The van der Waals surface area contributed by atoms with Crippen LogP contribution in [0.15, 0.2) is 59.5 Å². The minimum atomic E-state index is -0.486. The molecule has 0 saturated carbocycles. The lowest BCUT2D eigenvalue weighted by Gasteiger charge is -2.00. The maximum absolute atomic E-state index is 11.9. The number of carbonyl (C=O) groups is 1. The number of non-ortho nitro benzene ring substituents is 1. The number of hydrogen-bond acceptors (Lipinski definition) is 5. The Kier molecular flexibility index (Phi) is 4.59. The van der Waals surface area contributed by atoms with Crippen molar-refractivity contribution in [3.63, 3.8) is 0 Å². The molecule has 0 aliphatic rings. The fraction of sp³-hybridized carbons (Fsp3) is 0. The average molecular weight is 291 g/mol. The quantitative estimate of drug-likeness (QED) is 0.480. The zero-order valence-electron chi connectivity index (χ0n) is 9.68. The Hall–Kier alpha value is -1.79. The van der Waals surface area contributed by atoms with E-state index in [0.29, 0.717) is 5.56 Å². The van der Waals surface area contributed by atoms with Gasteiger partial charge in [-0.15, -0.1) is 0 Å². The summed E-state index contributed by atoms with van der Waals surface area (Å²) in [5.74, 6) is 0. The Labute approximate surface area is 117 Å². The molecule has 0 saturated heterocycles. The first-order chi connectivity index (χ1) is 9.16. The molecular formula is C13H9NO3S2. The molecule has 96 valence electrons. The Morgan fingerprint density at radius 1 is 1.00 bits per heavy atom. The summed E-state index contributed by atoms with van der Waals surface area (Å²) < 4.78 is 0. The van der Waals surface area contributed by atoms with Crippen molar-refractivity contribution < 1.29 is 9.72 Å². The summed E-state index contributed by atoms with van der Waals surface area (Å²) in [4.78, 5) is 22.9. The van der Waals surface area contributed by atoms with Gasteiger partial charge in [-0.25, -0.2) is 0 Å². The minimum Gasteiger partial charge on any atom is -0.281 e. The van der Waals surface area contributed by atoms with Crippen molar-refractivity contribution in [1.82, 2.24) is 0 Å². The summed E-state index contributed by atoms with van der Waals surface area (Å²) in [5, 5.41) is 10.4. The number of hydrogen-bond donors (Lipinski definition) is 0. The van der Waals surface area contributed by atoms with E-state index in [0.717, 1.165) is 15.7 Å². The number of nitro groups is 1. The molecular weight excluding hydrogens is 282 g/mol. The van der Waals surface area contributed by atoms with Crippen LogP contribution in [0.4, 0.5) is 5.69 Å². The van der Waals surface area contributed by atoms with Crippen LogP contribution >= 0.6 is 21.6 Å². The van der Waals surface area contributed by atoms with Crippen molar-refractivity contribution in [2.45, 2.75) is 4.90 Å². The standard InChI is InChI=1S/C13H9NO3S2/c15-13(19-18-12-4-2-1-3-5-12)10-6-8-11(9-7-10)14(16)17/h1-9H. The fourth-order valence-corrected chi connectivity index (χ4v) is 3.14. The number of carbonyl (C=O) groups excluding carboxylic acids is 1. The third kappa shape index (κ3) is 3.84. The van der Waals surface area contributed by atoms with Gasteiger partial charge in [0.25, 0.3) is 5.69 Å². The Morgan fingerprint density at radius 3 is 2.21 bits per heavy atom. The van der Waals surface area contributed by atoms with Crippen molar-refractivity contribution in [2.24, 2.45) is 0 Å². The highest BCUT2D eigenvalue weighted by molar-refractivity contribution is 8.82. The normalized spacial score (nSPS) is 10.1. The van der Waals surface area contributed by atoms with Crippen molar-refractivity contribution >= 4 is 32.4 Å². The topological polar surface area (TPSA) is 60.2 Å². The summed E-state index contributed by atoms with van der Waals surface area (Å²) >= 11 is 0. The molecule has 0 unspecified atom stereocenters. The molecule has 2 aromatic carbocycles. The highest BCUT2D eigenvalue weighted by Gasteiger charge is 2.10. The summed E-state index contributed by atoms with van der Waals surface area (Å²) in [5.41, 5.74) is 0.441. The van der Waals surface area contributed by atoms with Gasteiger partial charge >= 0.3 is 0 Å². The van der Waals surface area contributed by atoms with Gasteiger partial charge in [-0.1, -0.05) is 18.2 Å². The zero-order chi connectivity index (χ0) is 13.7. The second-order valence-electron chi connectivity index (χ2n) is 3.57. The molecule has 0 bridgehead atoms. The highest BCUT2D eigenvalue weighted by Crippen LogP contribution is 2.33. The van der Waals surface area contributed by atoms with E-state index in [1.54, 1.807) is 0 Å². The maximum Gasteiger partial charge on any atom is 0.269 e. The van der Waals surface area contributed by atoms with E-state index in [-0.39, 0.29) is 10.8 Å². The SMILES string of the molecule is O=C(SSc1ccccc1)c1ccc([N+](=O)[O-])cc1. The first-order valence-electron chi connectivity index (χ1n) is 5.35. The third-order valence-corrected chi connectivity index (χ3v) is 4.49.